The molecule has 0 spiro atoms. The van der Waals surface area contributed by atoms with Crippen molar-refractivity contribution in [2.24, 2.45) is 0 Å². The van der Waals surface area contributed by atoms with E-state index in [0.717, 1.165) is 11.1 Å². The molecule has 1 atom stereocenters. The van der Waals surface area contributed by atoms with Crippen LogP contribution in [-0.2, 0) is 4.79 Å². The average molecular weight is 311 g/mol. The van der Waals surface area contributed by atoms with Crippen molar-refractivity contribution in [3.05, 3.63) is 65.7 Å². The van der Waals surface area contributed by atoms with Crippen molar-refractivity contribution in [2.75, 3.05) is 14.2 Å². The van der Waals surface area contributed by atoms with Crippen LogP contribution in [0, 0.1) is 0 Å². The fraction of sp³-hybridized carbons (Fsp3) is 0.211. The zero-order valence-electron chi connectivity index (χ0n) is 13.6. The summed E-state index contributed by atoms with van der Waals surface area (Å²) in [6.07, 6.45) is 3.21. The van der Waals surface area contributed by atoms with E-state index in [9.17, 15) is 4.79 Å². The van der Waals surface area contributed by atoms with Gasteiger partial charge < -0.3 is 14.8 Å². The maximum atomic E-state index is 12.1. The Hall–Kier alpha value is -2.75. The second kappa shape index (κ2) is 8.03. The largest absolute Gasteiger partial charge is 0.497 e. The third-order valence-corrected chi connectivity index (χ3v) is 3.51. The minimum absolute atomic E-state index is 0.0550. The van der Waals surface area contributed by atoms with Crippen molar-refractivity contribution in [3.8, 4) is 11.5 Å². The summed E-state index contributed by atoms with van der Waals surface area (Å²) >= 11 is 0. The highest BCUT2D eigenvalue weighted by molar-refractivity contribution is 5.92. The molecule has 0 bridgehead atoms. The van der Waals surface area contributed by atoms with Gasteiger partial charge in [0, 0.05) is 11.6 Å². The Morgan fingerprint density at radius 1 is 1.09 bits per heavy atom. The summed E-state index contributed by atoms with van der Waals surface area (Å²) in [5, 5.41) is 2.93. The molecule has 0 aromatic heterocycles. The van der Waals surface area contributed by atoms with Crippen molar-refractivity contribution >= 4 is 12.0 Å². The highest BCUT2D eigenvalue weighted by atomic mass is 16.5. The van der Waals surface area contributed by atoms with Crippen LogP contribution in [0.1, 0.15) is 24.1 Å². The number of nitrogens with one attached hydrogen (secondary N) is 1. The van der Waals surface area contributed by atoms with E-state index in [4.69, 9.17) is 9.47 Å². The quantitative estimate of drug-likeness (QED) is 0.829. The van der Waals surface area contributed by atoms with Gasteiger partial charge in [-0.15, -0.1) is 0 Å². The number of carbonyl (C=O) groups excluding carboxylic acids is 1. The summed E-state index contributed by atoms with van der Waals surface area (Å²) in [5.74, 6) is 1.24. The van der Waals surface area contributed by atoms with Crippen molar-refractivity contribution < 1.29 is 14.3 Å². The summed E-state index contributed by atoms with van der Waals surface area (Å²) in [7, 11) is 3.19. The molecule has 2 rings (SSSR count). The van der Waals surface area contributed by atoms with E-state index in [-0.39, 0.29) is 11.9 Å². The van der Waals surface area contributed by atoms with Crippen molar-refractivity contribution in [3.63, 3.8) is 0 Å². The maximum absolute atomic E-state index is 12.1. The first kappa shape index (κ1) is 16.6. The lowest BCUT2D eigenvalue weighted by atomic mass is 10.1. The molecule has 1 N–H and O–H groups in total. The Morgan fingerprint density at radius 2 is 1.83 bits per heavy atom. The first-order valence-corrected chi connectivity index (χ1v) is 7.39. The van der Waals surface area contributed by atoms with E-state index < -0.39 is 0 Å². The van der Waals surface area contributed by atoms with Crippen LogP contribution >= 0.6 is 0 Å². The maximum Gasteiger partial charge on any atom is 0.244 e. The van der Waals surface area contributed by atoms with Crippen LogP contribution in [-0.4, -0.2) is 20.1 Å². The minimum atomic E-state index is -0.161. The number of rotatable bonds is 6. The number of hydrogen-bond acceptors (Lipinski definition) is 3. The number of amides is 1. The molecule has 120 valence electrons. The molecule has 0 aliphatic heterocycles. The van der Waals surface area contributed by atoms with Gasteiger partial charge in [0.2, 0.25) is 5.91 Å². The molecule has 0 unspecified atom stereocenters. The Labute approximate surface area is 136 Å². The Morgan fingerprint density at radius 3 is 2.48 bits per heavy atom. The molecule has 0 aliphatic carbocycles. The number of ether oxygens (including phenoxy) is 2. The van der Waals surface area contributed by atoms with E-state index >= 15 is 0 Å². The van der Waals surface area contributed by atoms with Gasteiger partial charge in [0.25, 0.3) is 0 Å². The Kier molecular flexibility index (Phi) is 5.80. The molecule has 4 heteroatoms. The number of methoxy groups -OCH3 is 2. The summed E-state index contributed by atoms with van der Waals surface area (Å²) in [4.78, 5) is 12.1. The first-order chi connectivity index (χ1) is 11.1. The molecule has 0 fully saturated rings. The van der Waals surface area contributed by atoms with Crippen molar-refractivity contribution in [1.29, 1.82) is 0 Å². The molecule has 0 saturated carbocycles. The van der Waals surface area contributed by atoms with Crippen LogP contribution in [0.2, 0.25) is 0 Å². The molecule has 0 heterocycles. The smallest absolute Gasteiger partial charge is 0.244 e. The predicted molar refractivity (Wildman–Crippen MR) is 91.6 cm³/mol. The fourth-order valence-corrected chi connectivity index (χ4v) is 2.22. The van der Waals surface area contributed by atoms with Crippen LogP contribution in [0.4, 0.5) is 0 Å². The van der Waals surface area contributed by atoms with Gasteiger partial charge in [-0.05, 0) is 36.8 Å². The van der Waals surface area contributed by atoms with Crippen LogP contribution in [0.5, 0.6) is 11.5 Å². The highest BCUT2D eigenvalue weighted by Crippen LogP contribution is 2.25. The monoisotopic (exact) mass is 311 g/mol. The van der Waals surface area contributed by atoms with Gasteiger partial charge in [-0.25, -0.2) is 0 Å². The standard InChI is InChI=1S/C19H21NO3/c1-14(15-7-5-4-6-8-15)20-19(21)12-9-16-13-17(22-2)10-11-18(16)23-3/h4-14H,1-3H3,(H,20,21)/b12-9+/t14-/m1/s1. The van der Waals surface area contributed by atoms with Crippen LogP contribution < -0.4 is 14.8 Å². The zero-order valence-corrected chi connectivity index (χ0v) is 13.6. The van der Waals surface area contributed by atoms with E-state index in [1.807, 2.05) is 55.5 Å². The molecule has 0 saturated heterocycles. The number of carbonyl (C=O) groups is 1. The molecule has 0 aliphatic rings. The fourth-order valence-electron chi connectivity index (χ4n) is 2.22. The lowest BCUT2D eigenvalue weighted by Crippen LogP contribution is -2.24. The zero-order chi connectivity index (χ0) is 16.7. The van der Waals surface area contributed by atoms with E-state index in [1.54, 1.807) is 20.3 Å². The molecule has 1 amide bonds. The van der Waals surface area contributed by atoms with Crippen LogP contribution in [0.3, 0.4) is 0 Å². The molecule has 2 aromatic carbocycles. The third kappa shape index (κ3) is 4.61. The van der Waals surface area contributed by atoms with Gasteiger partial charge in [-0.1, -0.05) is 30.3 Å². The predicted octanol–water partition coefficient (Wildman–Crippen LogP) is 3.59. The molecular weight excluding hydrogens is 290 g/mol. The normalized spacial score (nSPS) is 12.0. The SMILES string of the molecule is COc1ccc(OC)c(/C=C/C(=O)N[C@H](C)c2ccccc2)c1. The van der Waals surface area contributed by atoms with Gasteiger partial charge in [0.1, 0.15) is 11.5 Å². The van der Waals surface area contributed by atoms with Crippen molar-refractivity contribution in [2.45, 2.75) is 13.0 Å². The molecule has 0 radical (unpaired) electrons. The Bertz CT molecular complexity index is 680. The van der Waals surface area contributed by atoms with Crippen LogP contribution in [0.15, 0.2) is 54.6 Å². The van der Waals surface area contributed by atoms with E-state index in [1.165, 1.54) is 6.08 Å². The van der Waals surface area contributed by atoms with E-state index in [0.29, 0.717) is 11.5 Å². The molecular formula is C19H21NO3. The lowest BCUT2D eigenvalue weighted by Gasteiger charge is -2.12. The second-order valence-electron chi connectivity index (χ2n) is 5.08. The summed E-state index contributed by atoms with van der Waals surface area (Å²) < 4.78 is 10.5. The summed E-state index contributed by atoms with van der Waals surface area (Å²) in [5.41, 5.74) is 1.85. The van der Waals surface area contributed by atoms with Gasteiger partial charge in [0.05, 0.1) is 20.3 Å². The molecule has 2 aromatic rings. The van der Waals surface area contributed by atoms with Crippen molar-refractivity contribution in [1.82, 2.24) is 5.32 Å². The Balaban J connectivity index is 2.06. The molecule has 23 heavy (non-hydrogen) atoms. The lowest BCUT2D eigenvalue weighted by molar-refractivity contribution is -0.117. The van der Waals surface area contributed by atoms with E-state index in [2.05, 4.69) is 5.32 Å². The van der Waals surface area contributed by atoms with Gasteiger partial charge in [0.15, 0.2) is 0 Å². The van der Waals surface area contributed by atoms with Gasteiger partial charge in [-0.2, -0.15) is 0 Å². The second-order valence-corrected chi connectivity index (χ2v) is 5.08. The summed E-state index contributed by atoms with van der Waals surface area (Å²) in [6.45, 7) is 1.95. The minimum Gasteiger partial charge on any atom is -0.497 e. The summed E-state index contributed by atoms with van der Waals surface area (Å²) in [6, 6.07) is 15.2. The van der Waals surface area contributed by atoms with Crippen LogP contribution in [0.25, 0.3) is 6.08 Å². The topological polar surface area (TPSA) is 47.6 Å². The van der Waals surface area contributed by atoms with Gasteiger partial charge in [-0.3, -0.25) is 4.79 Å². The first-order valence-electron chi connectivity index (χ1n) is 7.39. The average Bonchev–Trinajstić information content (AvgIpc) is 2.60. The highest BCUT2D eigenvalue weighted by Gasteiger charge is 2.07. The molecule has 4 nitrogen and oxygen atoms in total. The number of benzene rings is 2. The van der Waals surface area contributed by atoms with Gasteiger partial charge >= 0.3 is 0 Å². The third-order valence-electron chi connectivity index (χ3n) is 3.51. The number of hydrogen-bond donors (Lipinski definition) is 1.